The first kappa shape index (κ1) is 16.6. The molecule has 2 nitrogen and oxygen atoms in total. The summed E-state index contributed by atoms with van der Waals surface area (Å²) in [4.78, 5) is 14.2. The van der Waals surface area contributed by atoms with Gasteiger partial charge in [-0.25, -0.2) is 0 Å². The van der Waals surface area contributed by atoms with Crippen LogP contribution in [0.25, 0.3) is 0 Å². The number of amides is 1. The summed E-state index contributed by atoms with van der Waals surface area (Å²) in [6.07, 6.45) is -3.63. The van der Waals surface area contributed by atoms with E-state index in [0.29, 0.717) is 13.0 Å². The molecule has 0 radical (unpaired) electrons. The van der Waals surface area contributed by atoms with Gasteiger partial charge in [0.1, 0.15) is 0 Å². The highest BCUT2D eigenvalue weighted by molar-refractivity contribution is 5.82. The van der Waals surface area contributed by atoms with Crippen molar-refractivity contribution in [2.24, 2.45) is 5.92 Å². The Morgan fingerprint density at radius 3 is 2.29 bits per heavy atom. The Morgan fingerprint density at radius 2 is 1.71 bits per heavy atom. The van der Waals surface area contributed by atoms with E-state index in [1.54, 1.807) is 11.9 Å². The second-order valence-corrected chi connectivity index (χ2v) is 6.25. The van der Waals surface area contributed by atoms with E-state index >= 15 is 0 Å². The van der Waals surface area contributed by atoms with Crippen molar-refractivity contribution in [3.05, 3.63) is 71.3 Å². The summed E-state index contributed by atoms with van der Waals surface area (Å²) in [6.45, 7) is 0.538. The highest BCUT2D eigenvalue weighted by atomic mass is 19.4. The van der Waals surface area contributed by atoms with Gasteiger partial charge in [-0.15, -0.1) is 0 Å². The van der Waals surface area contributed by atoms with Crippen molar-refractivity contribution < 1.29 is 18.0 Å². The van der Waals surface area contributed by atoms with Crippen molar-refractivity contribution >= 4 is 5.91 Å². The number of halogens is 3. The van der Waals surface area contributed by atoms with Crippen molar-refractivity contribution in [2.75, 3.05) is 7.05 Å². The summed E-state index contributed by atoms with van der Waals surface area (Å²) in [5.74, 6) is -0.0581. The first-order valence-corrected chi connectivity index (χ1v) is 7.82. The lowest BCUT2D eigenvalue weighted by Gasteiger charge is -2.17. The summed E-state index contributed by atoms with van der Waals surface area (Å²) in [6, 6.07) is 14.8. The average Bonchev–Trinajstić information content (AvgIpc) is 3.35. The summed E-state index contributed by atoms with van der Waals surface area (Å²) in [5.41, 5.74) is 1.20. The first-order valence-electron chi connectivity index (χ1n) is 7.82. The molecule has 0 spiro atoms. The van der Waals surface area contributed by atoms with Gasteiger partial charge in [0.15, 0.2) is 0 Å². The molecular weight excluding hydrogens is 315 g/mol. The Balaban J connectivity index is 1.61. The Morgan fingerprint density at radius 1 is 1.08 bits per heavy atom. The fourth-order valence-corrected chi connectivity index (χ4v) is 2.97. The molecule has 2 atom stereocenters. The zero-order valence-corrected chi connectivity index (χ0v) is 13.3. The Hall–Kier alpha value is -2.30. The molecule has 2 aromatic rings. The van der Waals surface area contributed by atoms with Crippen LogP contribution in [0.15, 0.2) is 54.6 Å². The Labute approximate surface area is 138 Å². The van der Waals surface area contributed by atoms with Gasteiger partial charge in [0, 0.05) is 19.5 Å². The maximum absolute atomic E-state index is 12.6. The summed E-state index contributed by atoms with van der Waals surface area (Å²) >= 11 is 0. The molecule has 2 unspecified atom stereocenters. The van der Waals surface area contributed by atoms with E-state index in [1.807, 2.05) is 30.3 Å². The van der Waals surface area contributed by atoms with Gasteiger partial charge in [-0.05, 0) is 35.6 Å². The van der Waals surface area contributed by atoms with Crippen LogP contribution in [0, 0.1) is 5.92 Å². The molecule has 1 fully saturated rings. The van der Waals surface area contributed by atoms with Gasteiger partial charge in [0.05, 0.1) is 5.56 Å². The number of benzene rings is 2. The third kappa shape index (κ3) is 3.61. The van der Waals surface area contributed by atoms with Crippen LogP contribution in [0.3, 0.4) is 0 Å². The third-order valence-electron chi connectivity index (χ3n) is 4.41. The standard InChI is InChI=1S/C19H18F3NO/c1-23(12-13-5-3-2-4-6-13)18(24)17-11-16(17)14-7-9-15(10-8-14)19(20,21)22/h2-10,16-17H,11-12H2,1H3. The quantitative estimate of drug-likeness (QED) is 0.808. The smallest absolute Gasteiger partial charge is 0.341 e. The van der Waals surface area contributed by atoms with Crippen LogP contribution >= 0.6 is 0 Å². The number of hydrogen-bond acceptors (Lipinski definition) is 1. The lowest BCUT2D eigenvalue weighted by Crippen LogP contribution is -2.28. The molecule has 0 N–H and O–H groups in total. The molecule has 2 aromatic carbocycles. The molecule has 1 saturated carbocycles. The minimum atomic E-state index is -4.33. The minimum Gasteiger partial charge on any atom is -0.341 e. The van der Waals surface area contributed by atoms with E-state index in [0.717, 1.165) is 23.3 Å². The van der Waals surface area contributed by atoms with Crippen LogP contribution in [0.2, 0.25) is 0 Å². The summed E-state index contributed by atoms with van der Waals surface area (Å²) < 4.78 is 37.8. The van der Waals surface area contributed by atoms with Crippen LogP contribution in [0.5, 0.6) is 0 Å². The van der Waals surface area contributed by atoms with Crippen LogP contribution in [-0.4, -0.2) is 17.9 Å². The molecule has 0 aliphatic heterocycles. The number of alkyl halides is 3. The van der Waals surface area contributed by atoms with Gasteiger partial charge < -0.3 is 4.90 Å². The maximum Gasteiger partial charge on any atom is 0.416 e. The van der Waals surface area contributed by atoms with Crippen LogP contribution < -0.4 is 0 Å². The highest BCUT2D eigenvalue weighted by Gasteiger charge is 2.45. The molecule has 5 heteroatoms. The number of nitrogens with zero attached hydrogens (tertiary/aromatic N) is 1. The monoisotopic (exact) mass is 333 g/mol. The molecule has 1 amide bonds. The van der Waals surface area contributed by atoms with Crippen molar-refractivity contribution in [3.63, 3.8) is 0 Å². The fourth-order valence-electron chi connectivity index (χ4n) is 2.97. The summed E-state index contributed by atoms with van der Waals surface area (Å²) in [7, 11) is 1.76. The fraction of sp³-hybridized carbons (Fsp3) is 0.316. The molecule has 0 aromatic heterocycles. The van der Waals surface area contributed by atoms with Gasteiger partial charge in [-0.2, -0.15) is 13.2 Å². The van der Waals surface area contributed by atoms with Gasteiger partial charge in [-0.1, -0.05) is 42.5 Å². The van der Waals surface area contributed by atoms with Crippen LogP contribution in [-0.2, 0) is 17.5 Å². The zero-order chi connectivity index (χ0) is 17.3. The molecule has 24 heavy (non-hydrogen) atoms. The largest absolute Gasteiger partial charge is 0.416 e. The molecular formula is C19H18F3NO. The molecule has 3 rings (SSSR count). The number of rotatable bonds is 4. The lowest BCUT2D eigenvalue weighted by atomic mass is 10.1. The predicted octanol–water partition coefficient (Wildman–Crippen LogP) is 4.47. The lowest BCUT2D eigenvalue weighted by molar-refractivity contribution is -0.137. The molecule has 0 bridgehead atoms. The summed E-state index contributed by atoms with van der Waals surface area (Å²) in [5, 5.41) is 0. The number of hydrogen-bond donors (Lipinski definition) is 0. The topological polar surface area (TPSA) is 20.3 Å². The average molecular weight is 333 g/mol. The van der Waals surface area contributed by atoms with Crippen LogP contribution in [0.1, 0.15) is 29.0 Å². The molecule has 126 valence electrons. The third-order valence-corrected chi connectivity index (χ3v) is 4.41. The van der Waals surface area contributed by atoms with Gasteiger partial charge >= 0.3 is 6.18 Å². The first-order chi connectivity index (χ1) is 11.4. The molecule has 1 aliphatic rings. The maximum atomic E-state index is 12.6. The van der Waals surface area contributed by atoms with Gasteiger partial charge in [0.2, 0.25) is 5.91 Å². The van der Waals surface area contributed by atoms with E-state index in [4.69, 9.17) is 0 Å². The Kier molecular flexibility index (Phi) is 4.35. The van der Waals surface area contributed by atoms with E-state index < -0.39 is 11.7 Å². The predicted molar refractivity (Wildman–Crippen MR) is 85.2 cm³/mol. The van der Waals surface area contributed by atoms with Crippen molar-refractivity contribution in [1.29, 1.82) is 0 Å². The van der Waals surface area contributed by atoms with Crippen molar-refractivity contribution in [1.82, 2.24) is 4.90 Å². The van der Waals surface area contributed by atoms with E-state index in [-0.39, 0.29) is 17.7 Å². The van der Waals surface area contributed by atoms with Gasteiger partial charge in [-0.3, -0.25) is 4.79 Å². The van der Waals surface area contributed by atoms with Crippen LogP contribution in [0.4, 0.5) is 13.2 Å². The minimum absolute atomic E-state index is 0.0259. The van der Waals surface area contributed by atoms with Crippen molar-refractivity contribution in [2.45, 2.75) is 25.1 Å². The van der Waals surface area contributed by atoms with Crippen molar-refractivity contribution in [3.8, 4) is 0 Å². The zero-order valence-electron chi connectivity index (χ0n) is 13.3. The second kappa shape index (κ2) is 6.30. The molecule has 1 aliphatic carbocycles. The SMILES string of the molecule is CN(Cc1ccccc1)C(=O)C1CC1c1ccc(C(F)(F)F)cc1. The highest BCUT2D eigenvalue weighted by Crippen LogP contribution is 2.48. The second-order valence-electron chi connectivity index (χ2n) is 6.25. The normalized spacial score (nSPS) is 19.8. The van der Waals surface area contributed by atoms with E-state index in [9.17, 15) is 18.0 Å². The number of carbonyl (C=O) groups excluding carboxylic acids is 1. The molecule has 0 saturated heterocycles. The van der Waals surface area contributed by atoms with E-state index in [1.165, 1.54) is 12.1 Å². The van der Waals surface area contributed by atoms with E-state index in [2.05, 4.69) is 0 Å². The molecule has 0 heterocycles. The number of carbonyl (C=O) groups is 1. The van der Waals surface area contributed by atoms with Gasteiger partial charge in [0.25, 0.3) is 0 Å². The Bertz CT molecular complexity index is 710.